The molecule has 0 saturated heterocycles. The maximum absolute atomic E-state index is 12.4. The van der Waals surface area contributed by atoms with Crippen LogP contribution in [0.2, 0.25) is 10.0 Å². The maximum atomic E-state index is 12.4. The fraction of sp³-hybridized carbons (Fsp3) is 0.0500. The lowest BCUT2D eigenvalue weighted by Crippen LogP contribution is -2.07. The van der Waals surface area contributed by atoms with Crippen molar-refractivity contribution < 1.29 is 14.3 Å². The minimum Gasteiger partial charge on any atom is -0.457 e. The van der Waals surface area contributed by atoms with Crippen LogP contribution in [0.15, 0.2) is 72.8 Å². The SMILES string of the molecule is O=C(OCc1ccc(Cl)cc1Cl)c1ccccc1Oc1ccccc1. The van der Waals surface area contributed by atoms with Gasteiger partial charge in [-0.05, 0) is 36.4 Å². The summed E-state index contributed by atoms with van der Waals surface area (Å²) in [4.78, 5) is 12.4. The Morgan fingerprint density at radius 2 is 1.60 bits per heavy atom. The summed E-state index contributed by atoms with van der Waals surface area (Å²) in [5.41, 5.74) is 1.03. The summed E-state index contributed by atoms with van der Waals surface area (Å²) in [5, 5.41) is 0.982. The Hall–Kier alpha value is -2.49. The minimum absolute atomic E-state index is 0.0501. The topological polar surface area (TPSA) is 35.5 Å². The van der Waals surface area contributed by atoms with E-state index in [0.29, 0.717) is 32.7 Å². The van der Waals surface area contributed by atoms with Crippen LogP contribution in [0.4, 0.5) is 0 Å². The summed E-state index contributed by atoms with van der Waals surface area (Å²) in [7, 11) is 0. The van der Waals surface area contributed by atoms with Crippen LogP contribution in [0, 0.1) is 0 Å². The number of hydrogen-bond acceptors (Lipinski definition) is 3. The predicted octanol–water partition coefficient (Wildman–Crippen LogP) is 6.14. The molecule has 0 radical (unpaired) electrons. The van der Waals surface area contributed by atoms with Gasteiger partial charge in [-0.25, -0.2) is 4.79 Å². The average Bonchev–Trinajstić information content (AvgIpc) is 2.62. The molecule has 3 rings (SSSR count). The van der Waals surface area contributed by atoms with Gasteiger partial charge in [0, 0.05) is 15.6 Å². The lowest BCUT2D eigenvalue weighted by molar-refractivity contribution is 0.0470. The molecule has 0 amide bonds. The lowest BCUT2D eigenvalue weighted by atomic mass is 10.2. The Balaban J connectivity index is 1.74. The number of para-hydroxylation sites is 2. The highest BCUT2D eigenvalue weighted by Crippen LogP contribution is 2.27. The van der Waals surface area contributed by atoms with E-state index < -0.39 is 5.97 Å². The Labute approximate surface area is 155 Å². The van der Waals surface area contributed by atoms with Crippen LogP contribution in [0.1, 0.15) is 15.9 Å². The van der Waals surface area contributed by atoms with Gasteiger partial charge in [-0.15, -0.1) is 0 Å². The van der Waals surface area contributed by atoms with Crippen molar-refractivity contribution in [1.82, 2.24) is 0 Å². The van der Waals surface area contributed by atoms with Gasteiger partial charge < -0.3 is 9.47 Å². The van der Waals surface area contributed by atoms with Crippen molar-refractivity contribution in [3.63, 3.8) is 0 Å². The zero-order chi connectivity index (χ0) is 17.6. The first kappa shape index (κ1) is 17.3. The fourth-order valence-electron chi connectivity index (χ4n) is 2.20. The molecule has 0 atom stereocenters. The van der Waals surface area contributed by atoms with E-state index in [-0.39, 0.29) is 6.61 Å². The number of carbonyl (C=O) groups is 1. The Bertz CT molecular complexity index is 879. The normalized spacial score (nSPS) is 10.3. The van der Waals surface area contributed by atoms with E-state index in [9.17, 15) is 4.79 Å². The quantitative estimate of drug-likeness (QED) is 0.504. The van der Waals surface area contributed by atoms with Crippen molar-refractivity contribution in [3.05, 3.63) is 94.0 Å². The lowest BCUT2D eigenvalue weighted by Gasteiger charge is -2.11. The highest BCUT2D eigenvalue weighted by Gasteiger charge is 2.15. The van der Waals surface area contributed by atoms with Crippen molar-refractivity contribution in [3.8, 4) is 11.5 Å². The molecule has 0 N–H and O–H groups in total. The predicted molar refractivity (Wildman–Crippen MR) is 98.5 cm³/mol. The van der Waals surface area contributed by atoms with Crippen LogP contribution in [0.25, 0.3) is 0 Å². The van der Waals surface area contributed by atoms with Gasteiger partial charge in [0.1, 0.15) is 23.7 Å². The second-order valence-electron chi connectivity index (χ2n) is 5.22. The van der Waals surface area contributed by atoms with Crippen molar-refractivity contribution >= 4 is 29.2 Å². The number of rotatable bonds is 5. The highest BCUT2D eigenvalue weighted by atomic mass is 35.5. The molecule has 3 nitrogen and oxygen atoms in total. The zero-order valence-corrected chi connectivity index (χ0v) is 14.6. The first-order valence-corrected chi connectivity index (χ1v) is 8.32. The Kier molecular flexibility index (Phi) is 5.59. The molecule has 0 aliphatic rings. The first-order chi connectivity index (χ1) is 12.1. The second-order valence-corrected chi connectivity index (χ2v) is 6.07. The standard InChI is InChI=1S/C20H14Cl2O3/c21-15-11-10-14(18(22)12-15)13-24-20(23)17-8-4-5-9-19(17)25-16-6-2-1-3-7-16/h1-12H,13H2. The Morgan fingerprint density at radius 3 is 2.36 bits per heavy atom. The summed E-state index contributed by atoms with van der Waals surface area (Å²) >= 11 is 12.0. The van der Waals surface area contributed by atoms with Crippen molar-refractivity contribution in [2.24, 2.45) is 0 Å². The number of benzene rings is 3. The molecule has 5 heteroatoms. The molecule has 0 heterocycles. The molecule has 25 heavy (non-hydrogen) atoms. The van der Waals surface area contributed by atoms with Gasteiger partial charge >= 0.3 is 5.97 Å². The van der Waals surface area contributed by atoms with Gasteiger partial charge in [0.15, 0.2) is 0 Å². The molecule has 126 valence electrons. The molecule has 3 aromatic carbocycles. The highest BCUT2D eigenvalue weighted by molar-refractivity contribution is 6.35. The van der Waals surface area contributed by atoms with Crippen LogP contribution in [-0.4, -0.2) is 5.97 Å². The maximum Gasteiger partial charge on any atom is 0.342 e. The van der Waals surface area contributed by atoms with E-state index >= 15 is 0 Å². The number of halogens is 2. The summed E-state index contributed by atoms with van der Waals surface area (Å²) in [6.07, 6.45) is 0. The van der Waals surface area contributed by atoms with E-state index in [1.54, 1.807) is 42.5 Å². The van der Waals surface area contributed by atoms with Gasteiger partial charge in [-0.3, -0.25) is 0 Å². The van der Waals surface area contributed by atoms with Gasteiger partial charge in [0.05, 0.1) is 0 Å². The Morgan fingerprint density at radius 1 is 0.880 bits per heavy atom. The van der Waals surface area contributed by atoms with Crippen LogP contribution in [-0.2, 0) is 11.3 Å². The number of ether oxygens (including phenoxy) is 2. The molecule has 0 saturated carbocycles. The van der Waals surface area contributed by atoms with Crippen molar-refractivity contribution in [1.29, 1.82) is 0 Å². The van der Waals surface area contributed by atoms with E-state index in [1.165, 1.54) is 0 Å². The minimum atomic E-state index is -0.488. The van der Waals surface area contributed by atoms with Crippen molar-refractivity contribution in [2.75, 3.05) is 0 Å². The summed E-state index contributed by atoms with van der Waals surface area (Å²) < 4.78 is 11.1. The van der Waals surface area contributed by atoms with Gasteiger partial charge in [-0.1, -0.05) is 59.6 Å². The van der Waals surface area contributed by atoms with Crippen molar-refractivity contribution in [2.45, 2.75) is 6.61 Å². The number of hydrogen-bond donors (Lipinski definition) is 0. The van der Waals surface area contributed by atoms with Gasteiger partial charge in [-0.2, -0.15) is 0 Å². The van der Waals surface area contributed by atoms with Crippen LogP contribution in [0.5, 0.6) is 11.5 Å². The summed E-state index contributed by atoms with van der Waals surface area (Å²) in [6.45, 7) is 0.0501. The van der Waals surface area contributed by atoms with Crippen LogP contribution in [0.3, 0.4) is 0 Å². The summed E-state index contributed by atoms with van der Waals surface area (Å²) in [5.74, 6) is 0.585. The van der Waals surface area contributed by atoms with Gasteiger partial charge in [0.25, 0.3) is 0 Å². The molecule has 3 aromatic rings. The molecule has 0 aliphatic carbocycles. The largest absolute Gasteiger partial charge is 0.457 e. The van der Waals surface area contributed by atoms with E-state index in [1.807, 2.05) is 30.3 Å². The molecule has 0 aliphatic heterocycles. The third-order valence-electron chi connectivity index (χ3n) is 3.45. The molecule has 0 fully saturated rings. The van der Waals surface area contributed by atoms with E-state index in [0.717, 1.165) is 0 Å². The van der Waals surface area contributed by atoms with Crippen LogP contribution < -0.4 is 4.74 Å². The third-order valence-corrected chi connectivity index (χ3v) is 4.04. The molecular weight excluding hydrogens is 359 g/mol. The summed E-state index contributed by atoms with van der Waals surface area (Å²) in [6, 6.07) is 21.2. The molecular formula is C20H14Cl2O3. The van der Waals surface area contributed by atoms with Crippen LogP contribution >= 0.6 is 23.2 Å². The smallest absolute Gasteiger partial charge is 0.342 e. The monoisotopic (exact) mass is 372 g/mol. The van der Waals surface area contributed by atoms with Gasteiger partial charge in [0.2, 0.25) is 0 Å². The zero-order valence-electron chi connectivity index (χ0n) is 13.1. The number of esters is 1. The van der Waals surface area contributed by atoms with E-state index in [4.69, 9.17) is 32.7 Å². The first-order valence-electron chi connectivity index (χ1n) is 7.56. The fourth-order valence-corrected chi connectivity index (χ4v) is 2.66. The second kappa shape index (κ2) is 8.06. The molecule has 0 spiro atoms. The van der Waals surface area contributed by atoms with E-state index in [2.05, 4.69) is 0 Å². The molecule has 0 aromatic heterocycles. The third kappa shape index (κ3) is 4.53. The molecule has 0 unspecified atom stereocenters. The molecule has 0 bridgehead atoms. The number of carbonyl (C=O) groups excluding carboxylic acids is 1. The average molecular weight is 373 g/mol.